The van der Waals surface area contributed by atoms with Crippen LogP contribution in [0.1, 0.15) is 6.42 Å². The zero-order valence-electron chi connectivity index (χ0n) is 12.3. The Balaban J connectivity index is 2.21. The molecule has 2 aromatic carbocycles. The highest BCUT2D eigenvalue weighted by molar-refractivity contribution is 7.80. The van der Waals surface area contributed by atoms with Crippen LogP contribution in [0.15, 0.2) is 54.6 Å². The second-order valence-electron chi connectivity index (χ2n) is 4.53. The maximum absolute atomic E-state index is 8.86. The maximum Gasteiger partial charge on any atom is 0.178 e. The van der Waals surface area contributed by atoms with Crippen molar-refractivity contribution in [1.29, 1.82) is 5.26 Å². The predicted molar refractivity (Wildman–Crippen MR) is 93.2 cm³/mol. The number of nitrogens with zero attached hydrogens (tertiary/aromatic N) is 2. The standard InChI is InChI=1S/C17H17N3OS/c1-21-16-11-6-5-10-15(16)19-17(22)20(13-7-12-18)14-8-3-2-4-9-14/h2-6,8-11H,7,13H2,1H3,(H,19,22). The van der Waals surface area contributed by atoms with Gasteiger partial charge in [0.1, 0.15) is 5.75 Å². The minimum Gasteiger partial charge on any atom is -0.495 e. The number of anilines is 2. The van der Waals surface area contributed by atoms with Crippen LogP contribution in [-0.2, 0) is 0 Å². The van der Waals surface area contributed by atoms with Crippen LogP contribution in [0, 0.1) is 11.3 Å². The Kier molecular flexibility index (Phi) is 5.75. The second kappa shape index (κ2) is 8.01. The Morgan fingerprint density at radius 1 is 1.18 bits per heavy atom. The lowest BCUT2D eigenvalue weighted by atomic mass is 10.2. The van der Waals surface area contributed by atoms with E-state index in [0.29, 0.717) is 18.1 Å². The van der Waals surface area contributed by atoms with Gasteiger partial charge in [0, 0.05) is 12.2 Å². The number of nitrogens with one attached hydrogen (secondary N) is 1. The third kappa shape index (κ3) is 3.96. The molecule has 0 saturated carbocycles. The molecule has 22 heavy (non-hydrogen) atoms. The van der Waals surface area contributed by atoms with Crippen molar-refractivity contribution in [1.82, 2.24) is 0 Å². The number of methoxy groups -OCH3 is 1. The molecular weight excluding hydrogens is 294 g/mol. The van der Waals surface area contributed by atoms with Crippen molar-refractivity contribution in [2.75, 3.05) is 23.9 Å². The molecule has 0 aliphatic rings. The molecule has 0 amide bonds. The van der Waals surface area contributed by atoms with E-state index in [0.717, 1.165) is 17.1 Å². The topological polar surface area (TPSA) is 48.3 Å². The van der Waals surface area contributed by atoms with Gasteiger partial charge in [-0.05, 0) is 36.5 Å². The summed E-state index contributed by atoms with van der Waals surface area (Å²) in [6, 6.07) is 19.5. The van der Waals surface area contributed by atoms with E-state index in [-0.39, 0.29) is 0 Å². The molecule has 2 aromatic rings. The van der Waals surface area contributed by atoms with Gasteiger partial charge in [-0.1, -0.05) is 30.3 Å². The molecule has 4 nitrogen and oxygen atoms in total. The van der Waals surface area contributed by atoms with Gasteiger partial charge in [-0.25, -0.2) is 0 Å². The van der Waals surface area contributed by atoms with E-state index in [1.54, 1.807) is 7.11 Å². The first kappa shape index (κ1) is 15.8. The number of rotatable bonds is 5. The highest BCUT2D eigenvalue weighted by atomic mass is 32.1. The molecular formula is C17H17N3OS. The fourth-order valence-corrected chi connectivity index (χ4v) is 2.35. The van der Waals surface area contributed by atoms with Crippen LogP contribution in [0.3, 0.4) is 0 Å². The van der Waals surface area contributed by atoms with Crippen LogP contribution < -0.4 is 15.0 Å². The normalized spacial score (nSPS) is 9.64. The molecule has 0 saturated heterocycles. The number of hydrogen-bond donors (Lipinski definition) is 1. The monoisotopic (exact) mass is 311 g/mol. The smallest absolute Gasteiger partial charge is 0.178 e. The molecule has 0 aromatic heterocycles. The lowest BCUT2D eigenvalue weighted by Crippen LogP contribution is -2.35. The van der Waals surface area contributed by atoms with Gasteiger partial charge < -0.3 is 15.0 Å². The van der Waals surface area contributed by atoms with Gasteiger partial charge in [0.15, 0.2) is 5.11 Å². The molecule has 0 radical (unpaired) electrons. The molecule has 112 valence electrons. The van der Waals surface area contributed by atoms with Crippen LogP contribution in [0.2, 0.25) is 0 Å². The predicted octanol–water partition coefficient (Wildman–Crippen LogP) is 3.81. The van der Waals surface area contributed by atoms with Crippen molar-refractivity contribution in [3.8, 4) is 11.8 Å². The van der Waals surface area contributed by atoms with Crippen molar-refractivity contribution in [3.05, 3.63) is 54.6 Å². The molecule has 0 unspecified atom stereocenters. The summed E-state index contributed by atoms with van der Waals surface area (Å²) in [5.74, 6) is 0.721. The SMILES string of the molecule is COc1ccccc1NC(=S)N(CCC#N)c1ccccc1. The van der Waals surface area contributed by atoms with Crippen molar-refractivity contribution in [2.24, 2.45) is 0 Å². The molecule has 0 fully saturated rings. The van der Waals surface area contributed by atoms with Crippen LogP contribution in [0.25, 0.3) is 0 Å². The van der Waals surface area contributed by atoms with Gasteiger partial charge in [-0.3, -0.25) is 0 Å². The summed E-state index contributed by atoms with van der Waals surface area (Å²) >= 11 is 5.51. The van der Waals surface area contributed by atoms with E-state index < -0.39 is 0 Å². The summed E-state index contributed by atoms with van der Waals surface area (Å²) in [6.45, 7) is 0.529. The Morgan fingerprint density at radius 3 is 2.55 bits per heavy atom. The fraction of sp³-hybridized carbons (Fsp3) is 0.176. The Morgan fingerprint density at radius 2 is 1.86 bits per heavy atom. The van der Waals surface area contributed by atoms with Gasteiger partial charge >= 0.3 is 0 Å². The number of nitriles is 1. The summed E-state index contributed by atoms with van der Waals surface area (Å²) in [4.78, 5) is 1.91. The maximum atomic E-state index is 8.86. The zero-order valence-corrected chi connectivity index (χ0v) is 13.1. The Labute approximate surface area is 135 Å². The van der Waals surface area contributed by atoms with E-state index in [9.17, 15) is 0 Å². The van der Waals surface area contributed by atoms with Gasteiger partial charge in [0.2, 0.25) is 0 Å². The summed E-state index contributed by atoms with van der Waals surface area (Å²) in [5.41, 5.74) is 1.75. The van der Waals surface area contributed by atoms with Crippen molar-refractivity contribution >= 4 is 28.7 Å². The minimum atomic E-state index is 0.392. The average Bonchev–Trinajstić information content (AvgIpc) is 2.56. The molecule has 0 aliphatic carbocycles. The number of para-hydroxylation sites is 3. The van der Waals surface area contributed by atoms with Gasteiger partial charge in [0.25, 0.3) is 0 Å². The van der Waals surface area contributed by atoms with E-state index >= 15 is 0 Å². The lowest BCUT2D eigenvalue weighted by Gasteiger charge is -2.25. The molecule has 2 rings (SSSR count). The van der Waals surface area contributed by atoms with E-state index in [1.165, 1.54) is 0 Å². The minimum absolute atomic E-state index is 0.392. The Hall–Kier alpha value is -2.58. The molecule has 5 heteroatoms. The van der Waals surface area contributed by atoms with Gasteiger partial charge in [-0.2, -0.15) is 5.26 Å². The number of benzene rings is 2. The molecule has 0 spiro atoms. The van der Waals surface area contributed by atoms with Crippen molar-refractivity contribution in [2.45, 2.75) is 6.42 Å². The molecule has 0 heterocycles. The first-order valence-electron chi connectivity index (χ1n) is 6.90. The quantitative estimate of drug-likeness (QED) is 0.851. The second-order valence-corrected chi connectivity index (χ2v) is 4.91. The van der Waals surface area contributed by atoms with E-state index in [2.05, 4.69) is 11.4 Å². The molecule has 1 N–H and O–H groups in total. The lowest BCUT2D eigenvalue weighted by molar-refractivity contribution is 0.417. The summed E-state index contributed by atoms with van der Waals surface area (Å²) in [6.07, 6.45) is 0.392. The van der Waals surface area contributed by atoms with E-state index in [4.69, 9.17) is 22.2 Å². The number of ether oxygens (including phenoxy) is 1. The first-order chi connectivity index (χ1) is 10.8. The van der Waals surface area contributed by atoms with Crippen LogP contribution in [-0.4, -0.2) is 18.8 Å². The van der Waals surface area contributed by atoms with Crippen LogP contribution >= 0.6 is 12.2 Å². The Bertz CT molecular complexity index is 667. The van der Waals surface area contributed by atoms with Gasteiger partial charge in [0.05, 0.1) is 25.3 Å². The van der Waals surface area contributed by atoms with Crippen molar-refractivity contribution < 1.29 is 4.74 Å². The van der Waals surface area contributed by atoms with Crippen LogP contribution in [0.5, 0.6) is 5.75 Å². The zero-order chi connectivity index (χ0) is 15.8. The summed E-state index contributed by atoms with van der Waals surface area (Å²) < 4.78 is 5.32. The third-order valence-corrected chi connectivity index (χ3v) is 3.43. The molecule has 0 aliphatic heterocycles. The highest BCUT2D eigenvalue weighted by Crippen LogP contribution is 2.24. The van der Waals surface area contributed by atoms with Crippen molar-refractivity contribution in [3.63, 3.8) is 0 Å². The largest absolute Gasteiger partial charge is 0.495 e. The van der Waals surface area contributed by atoms with Gasteiger partial charge in [-0.15, -0.1) is 0 Å². The first-order valence-corrected chi connectivity index (χ1v) is 7.30. The third-order valence-electron chi connectivity index (χ3n) is 3.11. The van der Waals surface area contributed by atoms with E-state index in [1.807, 2.05) is 59.5 Å². The fourth-order valence-electron chi connectivity index (χ4n) is 2.05. The highest BCUT2D eigenvalue weighted by Gasteiger charge is 2.13. The van der Waals surface area contributed by atoms with Crippen LogP contribution in [0.4, 0.5) is 11.4 Å². The number of thiocarbonyl (C=S) groups is 1. The summed E-state index contributed by atoms with van der Waals surface area (Å²) in [7, 11) is 1.62. The number of hydrogen-bond acceptors (Lipinski definition) is 3. The average molecular weight is 311 g/mol. The molecule has 0 atom stereocenters. The summed E-state index contributed by atoms with van der Waals surface area (Å²) in [5, 5.41) is 12.6. The molecule has 0 bridgehead atoms.